The van der Waals surface area contributed by atoms with Crippen molar-refractivity contribution < 1.29 is 9.59 Å². The van der Waals surface area contributed by atoms with Gasteiger partial charge in [-0.2, -0.15) is 0 Å². The standard InChI is InChI=1S/C12H22N4O2/c1-14-4-6-15(7-5-14)3-2-11(17)16-9-10(13)8-12(16)18/h10H,2-9,13H2,1H3. The first-order valence-electron chi connectivity index (χ1n) is 6.56. The fourth-order valence-electron chi connectivity index (χ4n) is 2.44. The van der Waals surface area contributed by atoms with Gasteiger partial charge < -0.3 is 15.5 Å². The van der Waals surface area contributed by atoms with Crippen LogP contribution in [-0.4, -0.2) is 78.9 Å². The van der Waals surface area contributed by atoms with Crippen LogP contribution in [-0.2, 0) is 9.59 Å². The number of piperazine rings is 1. The molecule has 6 heteroatoms. The highest BCUT2D eigenvalue weighted by Crippen LogP contribution is 2.11. The Kier molecular flexibility index (Phi) is 4.31. The Bertz CT molecular complexity index is 326. The van der Waals surface area contributed by atoms with Crippen molar-refractivity contribution in [2.24, 2.45) is 5.73 Å². The Hall–Kier alpha value is -0.980. The molecule has 6 nitrogen and oxygen atoms in total. The molecule has 1 atom stereocenters. The zero-order chi connectivity index (χ0) is 13.1. The summed E-state index contributed by atoms with van der Waals surface area (Å²) in [5.41, 5.74) is 5.68. The van der Waals surface area contributed by atoms with E-state index < -0.39 is 0 Å². The van der Waals surface area contributed by atoms with Crippen LogP contribution >= 0.6 is 0 Å². The van der Waals surface area contributed by atoms with E-state index in [0.717, 1.165) is 32.7 Å². The van der Waals surface area contributed by atoms with Crippen LogP contribution in [0.15, 0.2) is 0 Å². The van der Waals surface area contributed by atoms with Crippen LogP contribution in [0.2, 0.25) is 0 Å². The van der Waals surface area contributed by atoms with Gasteiger partial charge in [0, 0.05) is 58.2 Å². The van der Waals surface area contributed by atoms with E-state index in [4.69, 9.17) is 5.73 Å². The average molecular weight is 254 g/mol. The fourth-order valence-corrected chi connectivity index (χ4v) is 2.44. The van der Waals surface area contributed by atoms with Crippen molar-refractivity contribution in [3.05, 3.63) is 0 Å². The van der Waals surface area contributed by atoms with E-state index in [2.05, 4.69) is 16.8 Å². The van der Waals surface area contributed by atoms with Gasteiger partial charge in [-0.1, -0.05) is 0 Å². The molecule has 1 unspecified atom stereocenters. The van der Waals surface area contributed by atoms with Gasteiger partial charge in [0.05, 0.1) is 0 Å². The third-order valence-corrected chi connectivity index (χ3v) is 3.69. The van der Waals surface area contributed by atoms with Gasteiger partial charge in [-0.3, -0.25) is 14.5 Å². The third-order valence-electron chi connectivity index (χ3n) is 3.69. The summed E-state index contributed by atoms with van der Waals surface area (Å²) in [5, 5.41) is 0. The Balaban J connectivity index is 1.73. The van der Waals surface area contributed by atoms with Crippen molar-refractivity contribution in [3.8, 4) is 0 Å². The highest BCUT2D eigenvalue weighted by molar-refractivity contribution is 5.97. The molecule has 0 aliphatic carbocycles. The van der Waals surface area contributed by atoms with Crippen molar-refractivity contribution in [2.75, 3.05) is 46.3 Å². The van der Waals surface area contributed by atoms with E-state index in [9.17, 15) is 9.59 Å². The molecule has 2 fully saturated rings. The maximum absolute atomic E-state index is 11.9. The largest absolute Gasteiger partial charge is 0.326 e. The number of amides is 2. The maximum atomic E-state index is 11.9. The van der Waals surface area contributed by atoms with Crippen molar-refractivity contribution in [3.63, 3.8) is 0 Å². The lowest BCUT2D eigenvalue weighted by molar-refractivity contribution is -0.142. The van der Waals surface area contributed by atoms with E-state index in [1.807, 2.05) is 0 Å². The van der Waals surface area contributed by atoms with Gasteiger partial charge in [0.2, 0.25) is 11.8 Å². The van der Waals surface area contributed by atoms with E-state index in [0.29, 0.717) is 19.4 Å². The van der Waals surface area contributed by atoms with Crippen LogP contribution in [0.1, 0.15) is 12.8 Å². The van der Waals surface area contributed by atoms with Gasteiger partial charge in [-0.15, -0.1) is 0 Å². The number of imide groups is 1. The number of nitrogens with zero attached hydrogens (tertiary/aromatic N) is 3. The molecule has 2 heterocycles. The van der Waals surface area contributed by atoms with E-state index in [-0.39, 0.29) is 17.9 Å². The molecule has 2 rings (SSSR count). The summed E-state index contributed by atoms with van der Waals surface area (Å²) >= 11 is 0. The number of hydrogen-bond donors (Lipinski definition) is 1. The minimum absolute atomic E-state index is 0.0770. The highest BCUT2D eigenvalue weighted by atomic mass is 16.2. The summed E-state index contributed by atoms with van der Waals surface area (Å²) in [5.74, 6) is -0.197. The fraction of sp³-hybridized carbons (Fsp3) is 0.833. The summed E-state index contributed by atoms with van der Waals surface area (Å²) in [4.78, 5) is 29.3. The van der Waals surface area contributed by atoms with Crippen LogP contribution in [0.25, 0.3) is 0 Å². The maximum Gasteiger partial charge on any atom is 0.230 e. The number of carbonyl (C=O) groups excluding carboxylic acids is 2. The van der Waals surface area contributed by atoms with Gasteiger partial charge in [0.15, 0.2) is 0 Å². The number of carbonyl (C=O) groups is 2. The van der Waals surface area contributed by atoms with Gasteiger partial charge in [-0.25, -0.2) is 0 Å². The lowest BCUT2D eigenvalue weighted by Gasteiger charge is -2.32. The topological polar surface area (TPSA) is 69.9 Å². The minimum Gasteiger partial charge on any atom is -0.326 e. The molecular weight excluding hydrogens is 232 g/mol. The van der Waals surface area contributed by atoms with Crippen LogP contribution in [0.3, 0.4) is 0 Å². The molecular formula is C12H22N4O2. The Morgan fingerprint density at radius 1 is 1.33 bits per heavy atom. The van der Waals surface area contributed by atoms with Gasteiger partial charge in [-0.05, 0) is 7.05 Å². The second kappa shape index (κ2) is 5.77. The lowest BCUT2D eigenvalue weighted by Crippen LogP contribution is -2.45. The first-order valence-corrected chi connectivity index (χ1v) is 6.56. The number of rotatable bonds is 3. The van der Waals surface area contributed by atoms with Crippen LogP contribution < -0.4 is 5.73 Å². The molecule has 0 radical (unpaired) electrons. The van der Waals surface area contributed by atoms with E-state index >= 15 is 0 Å². The quantitative estimate of drug-likeness (QED) is 0.678. The minimum atomic E-state index is -0.176. The molecule has 0 bridgehead atoms. The normalized spacial score (nSPS) is 26.9. The van der Waals surface area contributed by atoms with Gasteiger partial charge >= 0.3 is 0 Å². The zero-order valence-electron chi connectivity index (χ0n) is 11.0. The summed E-state index contributed by atoms with van der Waals surface area (Å²) in [6.07, 6.45) is 0.725. The third kappa shape index (κ3) is 3.28. The molecule has 2 saturated heterocycles. The Labute approximate surface area is 108 Å². The summed E-state index contributed by atoms with van der Waals surface area (Å²) in [6, 6.07) is -0.176. The molecule has 2 amide bonds. The molecule has 0 spiro atoms. The monoisotopic (exact) mass is 254 g/mol. The molecule has 18 heavy (non-hydrogen) atoms. The van der Waals surface area contributed by atoms with Crippen molar-refractivity contribution >= 4 is 11.8 Å². The summed E-state index contributed by atoms with van der Waals surface area (Å²) in [7, 11) is 2.10. The number of hydrogen-bond acceptors (Lipinski definition) is 5. The predicted octanol–water partition coefficient (Wildman–Crippen LogP) is -1.29. The van der Waals surface area contributed by atoms with Crippen LogP contribution in [0, 0.1) is 0 Å². The molecule has 102 valence electrons. The van der Waals surface area contributed by atoms with Crippen molar-refractivity contribution in [1.82, 2.24) is 14.7 Å². The summed E-state index contributed by atoms with van der Waals surface area (Å²) < 4.78 is 0. The molecule has 2 aliphatic heterocycles. The number of likely N-dealkylation sites (N-methyl/N-ethyl adjacent to an activating group) is 1. The second-order valence-electron chi connectivity index (χ2n) is 5.26. The van der Waals surface area contributed by atoms with Crippen molar-refractivity contribution in [2.45, 2.75) is 18.9 Å². The number of nitrogens with two attached hydrogens (primary N) is 1. The molecule has 2 N–H and O–H groups in total. The lowest BCUT2D eigenvalue weighted by atomic mass is 10.3. The molecule has 0 aromatic rings. The Morgan fingerprint density at radius 3 is 2.56 bits per heavy atom. The predicted molar refractivity (Wildman–Crippen MR) is 67.9 cm³/mol. The number of likely N-dealkylation sites (tertiary alicyclic amines) is 1. The molecule has 0 aromatic carbocycles. The average Bonchev–Trinajstić information content (AvgIpc) is 2.67. The molecule has 0 saturated carbocycles. The van der Waals surface area contributed by atoms with Crippen LogP contribution in [0.5, 0.6) is 0 Å². The van der Waals surface area contributed by atoms with E-state index in [1.165, 1.54) is 4.90 Å². The highest BCUT2D eigenvalue weighted by Gasteiger charge is 2.31. The van der Waals surface area contributed by atoms with E-state index in [1.54, 1.807) is 0 Å². The molecule has 2 aliphatic rings. The SMILES string of the molecule is CN1CCN(CCC(=O)N2CC(N)CC2=O)CC1. The van der Waals surface area contributed by atoms with Crippen molar-refractivity contribution in [1.29, 1.82) is 0 Å². The van der Waals surface area contributed by atoms with Crippen LogP contribution in [0.4, 0.5) is 0 Å². The van der Waals surface area contributed by atoms with Gasteiger partial charge in [0.25, 0.3) is 0 Å². The zero-order valence-corrected chi connectivity index (χ0v) is 11.0. The van der Waals surface area contributed by atoms with Gasteiger partial charge in [0.1, 0.15) is 0 Å². The first kappa shape index (κ1) is 13.5. The second-order valence-corrected chi connectivity index (χ2v) is 5.26. The summed E-state index contributed by atoms with van der Waals surface area (Å²) in [6.45, 7) is 5.21. The smallest absolute Gasteiger partial charge is 0.230 e. The molecule has 0 aromatic heterocycles. The first-order chi connectivity index (χ1) is 8.56. The Morgan fingerprint density at radius 2 is 2.00 bits per heavy atom.